The molecular weight excluding hydrogens is 795 g/mol. The first-order chi connectivity index (χ1) is 31.7. The molecule has 0 aliphatic heterocycles. The predicted molar refractivity (Wildman–Crippen MR) is 269 cm³/mol. The molecule has 13 rings (SSSR count). The highest BCUT2D eigenvalue weighted by Crippen LogP contribution is 2.59. The smallest absolute Gasteiger partial charge is 0.135 e. The number of benzene rings is 10. The highest BCUT2D eigenvalue weighted by atomic mass is 32.1. The summed E-state index contributed by atoms with van der Waals surface area (Å²) in [4.78, 5) is 2.47. The number of para-hydroxylation sites is 1. The minimum Gasteiger partial charge on any atom is -0.456 e. The van der Waals surface area contributed by atoms with Crippen LogP contribution >= 0.6 is 11.3 Å². The fourth-order valence-corrected chi connectivity index (χ4v) is 11.8. The van der Waals surface area contributed by atoms with Crippen molar-refractivity contribution >= 4 is 70.5 Å². The summed E-state index contributed by atoms with van der Waals surface area (Å²) in [5.74, 6) is 0. The minimum absolute atomic E-state index is 0.521. The van der Waals surface area contributed by atoms with Gasteiger partial charge in [0.15, 0.2) is 0 Å². The molecule has 0 fully saturated rings. The monoisotopic (exact) mass is 833 g/mol. The van der Waals surface area contributed by atoms with Gasteiger partial charge in [0.05, 0.1) is 11.1 Å². The molecule has 0 N–H and O–H groups in total. The average Bonchev–Trinajstić information content (AvgIpc) is 4.04. The Hall–Kier alpha value is -7.98. The van der Waals surface area contributed by atoms with Crippen LogP contribution in [0.25, 0.3) is 75.5 Å². The van der Waals surface area contributed by atoms with E-state index in [1.54, 1.807) is 0 Å². The zero-order chi connectivity index (χ0) is 42.2. The van der Waals surface area contributed by atoms with Gasteiger partial charge in [-0.1, -0.05) is 176 Å². The molecule has 0 unspecified atom stereocenters. The van der Waals surface area contributed by atoms with Gasteiger partial charge in [-0.25, -0.2) is 0 Å². The SMILES string of the molecule is c1ccc(C2(c3ccccc3)c3ccccc3-c3c(N(c4ccc(-c5cccc6sc7ccccc7c56)cc4)c4cccc(-c5ccc6oc7ccccc7c6c5)c4)cccc32)cc1. The molecule has 64 heavy (non-hydrogen) atoms. The van der Waals surface area contributed by atoms with Crippen molar-refractivity contribution in [3.05, 3.63) is 259 Å². The second-order valence-electron chi connectivity index (χ2n) is 16.7. The number of fused-ring (bicyclic) bond motifs is 9. The Morgan fingerprint density at radius 2 is 0.984 bits per heavy atom. The van der Waals surface area contributed by atoms with E-state index in [0.29, 0.717) is 0 Å². The first-order valence-corrected chi connectivity index (χ1v) is 22.7. The van der Waals surface area contributed by atoms with Crippen LogP contribution in [0, 0.1) is 0 Å². The van der Waals surface area contributed by atoms with Gasteiger partial charge < -0.3 is 9.32 Å². The fourth-order valence-electron chi connectivity index (χ4n) is 10.6. The number of hydrogen-bond donors (Lipinski definition) is 0. The van der Waals surface area contributed by atoms with Gasteiger partial charge in [-0.05, 0) is 111 Å². The van der Waals surface area contributed by atoms with Gasteiger partial charge in [0, 0.05) is 47.9 Å². The van der Waals surface area contributed by atoms with Gasteiger partial charge in [0.25, 0.3) is 0 Å². The maximum Gasteiger partial charge on any atom is 0.135 e. The molecule has 2 heterocycles. The number of hydrogen-bond acceptors (Lipinski definition) is 3. The molecule has 0 radical (unpaired) electrons. The van der Waals surface area contributed by atoms with E-state index in [-0.39, 0.29) is 0 Å². The van der Waals surface area contributed by atoms with Crippen molar-refractivity contribution in [1.82, 2.24) is 0 Å². The molecule has 300 valence electrons. The predicted octanol–water partition coefficient (Wildman–Crippen LogP) is 17.1. The van der Waals surface area contributed by atoms with Crippen LogP contribution in [0.15, 0.2) is 241 Å². The van der Waals surface area contributed by atoms with Crippen LogP contribution in [-0.4, -0.2) is 0 Å². The first-order valence-electron chi connectivity index (χ1n) is 21.9. The van der Waals surface area contributed by atoms with Crippen LogP contribution in [0.2, 0.25) is 0 Å². The van der Waals surface area contributed by atoms with Crippen molar-refractivity contribution in [1.29, 1.82) is 0 Å². The number of anilines is 3. The highest BCUT2D eigenvalue weighted by Gasteiger charge is 2.47. The third-order valence-electron chi connectivity index (χ3n) is 13.4. The zero-order valence-corrected chi connectivity index (χ0v) is 35.6. The molecule has 12 aromatic rings. The molecule has 0 saturated heterocycles. The van der Waals surface area contributed by atoms with Crippen LogP contribution < -0.4 is 4.90 Å². The minimum atomic E-state index is -0.521. The van der Waals surface area contributed by atoms with Crippen molar-refractivity contribution in [2.24, 2.45) is 0 Å². The van der Waals surface area contributed by atoms with Crippen molar-refractivity contribution in [3.8, 4) is 33.4 Å². The van der Waals surface area contributed by atoms with Crippen LogP contribution in [-0.2, 0) is 5.41 Å². The molecule has 0 bridgehead atoms. The molecule has 0 atom stereocenters. The Morgan fingerprint density at radius 1 is 0.375 bits per heavy atom. The lowest BCUT2D eigenvalue weighted by atomic mass is 9.68. The normalized spacial score (nSPS) is 12.8. The van der Waals surface area contributed by atoms with Gasteiger partial charge in [-0.3, -0.25) is 0 Å². The van der Waals surface area contributed by atoms with E-state index in [2.05, 4.69) is 229 Å². The quantitative estimate of drug-likeness (QED) is 0.159. The molecule has 1 aliphatic rings. The molecule has 1 aliphatic carbocycles. The summed E-state index contributed by atoms with van der Waals surface area (Å²) in [6.45, 7) is 0. The summed E-state index contributed by atoms with van der Waals surface area (Å²) in [6.07, 6.45) is 0. The number of rotatable bonds is 7. The van der Waals surface area contributed by atoms with E-state index >= 15 is 0 Å². The third kappa shape index (κ3) is 5.51. The Kier molecular flexibility index (Phi) is 8.34. The summed E-state index contributed by atoms with van der Waals surface area (Å²) in [5.41, 5.74) is 16.8. The fraction of sp³-hybridized carbons (Fsp3) is 0.0164. The Balaban J connectivity index is 1.04. The van der Waals surface area contributed by atoms with Crippen LogP contribution in [0.1, 0.15) is 22.3 Å². The maximum atomic E-state index is 6.25. The molecule has 2 aromatic heterocycles. The summed E-state index contributed by atoms with van der Waals surface area (Å²) >= 11 is 1.86. The maximum absolute atomic E-state index is 6.25. The van der Waals surface area contributed by atoms with E-state index in [9.17, 15) is 0 Å². The molecule has 0 spiro atoms. The van der Waals surface area contributed by atoms with E-state index in [1.807, 2.05) is 23.5 Å². The molecular formula is C61H39NOS. The van der Waals surface area contributed by atoms with Gasteiger partial charge in [-0.15, -0.1) is 11.3 Å². The number of furan rings is 1. The van der Waals surface area contributed by atoms with Crippen LogP contribution in [0.4, 0.5) is 17.1 Å². The lowest BCUT2D eigenvalue weighted by molar-refractivity contribution is 0.669. The van der Waals surface area contributed by atoms with Crippen molar-refractivity contribution in [3.63, 3.8) is 0 Å². The van der Waals surface area contributed by atoms with Gasteiger partial charge in [-0.2, -0.15) is 0 Å². The third-order valence-corrected chi connectivity index (χ3v) is 14.5. The Labute approximate surface area is 375 Å². The number of thiophene rings is 1. The molecule has 3 heteroatoms. The van der Waals surface area contributed by atoms with E-state index in [1.165, 1.54) is 64.7 Å². The summed E-state index contributed by atoms with van der Waals surface area (Å²) < 4.78 is 8.87. The van der Waals surface area contributed by atoms with Crippen molar-refractivity contribution in [2.45, 2.75) is 5.41 Å². The highest BCUT2D eigenvalue weighted by molar-refractivity contribution is 7.25. The number of nitrogens with zero attached hydrogens (tertiary/aromatic N) is 1. The second-order valence-corrected chi connectivity index (χ2v) is 17.8. The zero-order valence-electron chi connectivity index (χ0n) is 34.8. The Bertz CT molecular complexity index is 3690. The lowest BCUT2D eigenvalue weighted by Gasteiger charge is -2.34. The largest absolute Gasteiger partial charge is 0.456 e. The van der Waals surface area contributed by atoms with Crippen LogP contribution in [0.5, 0.6) is 0 Å². The van der Waals surface area contributed by atoms with Crippen molar-refractivity contribution < 1.29 is 4.42 Å². The molecule has 0 saturated carbocycles. The van der Waals surface area contributed by atoms with E-state index in [0.717, 1.165) is 50.1 Å². The van der Waals surface area contributed by atoms with Crippen LogP contribution in [0.3, 0.4) is 0 Å². The van der Waals surface area contributed by atoms with E-state index < -0.39 is 5.41 Å². The standard InChI is InChI=1S/C61H39NOS/c1-3-17-43(18-4-1)61(44-19-5-2-6-20-44)52-26-10-7-23-49(52)60-53(61)27-15-28-54(60)62(45-35-32-40(33-36-45)47-25-14-31-58-59(47)50-24-9-12-30-57(50)64-58)46-21-13-16-41(38-46)42-34-37-56-51(39-42)48-22-8-11-29-55(48)63-56/h1-39H. The first kappa shape index (κ1) is 36.7. The van der Waals surface area contributed by atoms with Gasteiger partial charge in [0.2, 0.25) is 0 Å². The summed E-state index contributed by atoms with van der Waals surface area (Å²) in [6, 6.07) is 86.7. The Morgan fingerprint density at radius 3 is 1.81 bits per heavy atom. The topological polar surface area (TPSA) is 16.4 Å². The summed E-state index contributed by atoms with van der Waals surface area (Å²) in [5, 5.41) is 4.87. The lowest BCUT2D eigenvalue weighted by Crippen LogP contribution is -2.28. The second kappa shape index (κ2) is 14.6. The average molecular weight is 834 g/mol. The summed E-state index contributed by atoms with van der Waals surface area (Å²) in [7, 11) is 0. The van der Waals surface area contributed by atoms with Gasteiger partial charge >= 0.3 is 0 Å². The molecule has 2 nitrogen and oxygen atoms in total. The van der Waals surface area contributed by atoms with Gasteiger partial charge in [0.1, 0.15) is 11.2 Å². The van der Waals surface area contributed by atoms with E-state index in [4.69, 9.17) is 4.42 Å². The molecule has 0 amide bonds. The molecule has 10 aromatic carbocycles. The van der Waals surface area contributed by atoms with Crippen molar-refractivity contribution in [2.75, 3.05) is 4.90 Å².